The maximum atomic E-state index is 12.1. The number of amides is 1. The molecule has 1 aliphatic carbocycles. The molecule has 1 aliphatic rings. The fourth-order valence-corrected chi connectivity index (χ4v) is 2.59. The van der Waals surface area contributed by atoms with Crippen molar-refractivity contribution in [1.29, 1.82) is 0 Å². The number of carbonyl (C=O) groups excluding carboxylic acids is 2. The van der Waals surface area contributed by atoms with Crippen LogP contribution in [0.5, 0.6) is 0 Å². The third-order valence-electron chi connectivity index (χ3n) is 3.20. The number of hydrogen-bond acceptors (Lipinski definition) is 6. The lowest BCUT2D eigenvalue weighted by atomic mass is 10.1. The Bertz CT molecular complexity index is 692. The molecule has 22 heavy (non-hydrogen) atoms. The Kier molecular flexibility index (Phi) is 4.24. The summed E-state index contributed by atoms with van der Waals surface area (Å²) in [6.45, 7) is 1.44. The van der Waals surface area contributed by atoms with E-state index in [2.05, 4.69) is 15.5 Å². The molecule has 0 aliphatic heterocycles. The van der Waals surface area contributed by atoms with Crippen LogP contribution in [0.15, 0.2) is 33.9 Å². The van der Waals surface area contributed by atoms with Crippen LogP contribution in [0.2, 0.25) is 0 Å². The molecule has 114 valence electrons. The van der Waals surface area contributed by atoms with Crippen LogP contribution in [-0.4, -0.2) is 27.6 Å². The normalized spacial score (nSPS) is 13.9. The predicted octanol–water partition coefficient (Wildman–Crippen LogP) is 2.88. The number of rotatable bonds is 6. The van der Waals surface area contributed by atoms with Gasteiger partial charge >= 0.3 is 0 Å². The van der Waals surface area contributed by atoms with Gasteiger partial charge in [-0.15, -0.1) is 10.2 Å². The molecule has 2 aromatic rings. The zero-order chi connectivity index (χ0) is 15.5. The van der Waals surface area contributed by atoms with Crippen molar-refractivity contribution in [3.05, 3.63) is 35.7 Å². The molecule has 1 saturated carbocycles. The standard InChI is InChI=1S/C15H15N3O3S/c1-9(19)16-12-6-4-10(5-7-12)13(20)8-22-15-18-17-14(21-15)11-2-3-11/h4-7,11H,2-3,8H2,1H3,(H,16,19). The van der Waals surface area contributed by atoms with Crippen molar-refractivity contribution >= 4 is 29.1 Å². The first-order valence-corrected chi connectivity index (χ1v) is 7.97. The van der Waals surface area contributed by atoms with E-state index < -0.39 is 0 Å². The zero-order valence-corrected chi connectivity index (χ0v) is 12.9. The molecule has 1 aromatic carbocycles. The van der Waals surface area contributed by atoms with Crippen molar-refractivity contribution < 1.29 is 14.0 Å². The topological polar surface area (TPSA) is 85.1 Å². The fraction of sp³-hybridized carbons (Fsp3) is 0.333. The SMILES string of the molecule is CC(=O)Nc1ccc(C(=O)CSc2nnc(C3CC3)o2)cc1. The first-order valence-electron chi connectivity index (χ1n) is 6.99. The van der Waals surface area contributed by atoms with Gasteiger partial charge in [-0.3, -0.25) is 9.59 Å². The van der Waals surface area contributed by atoms with Crippen molar-refractivity contribution in [3.63, 3.8) is 0 Å². The van der Waals surface area contributed by atoms with Crippen LogP contribution in [0.1, 0.15) is 41.9 Å². The Morgan fingerprint density at radius 2 is 2.00 bits per heavy atom. The predicted molar refractivity (Wildman–Crippen MR) is 82.1 cm³/mol. The third kappa shape index (κ3) is 3.73. The third-order valence-corrected chi connectivity index (χ3v) is 4.02. The Labute approximate surface area is 131 Å². The molecule has 0 atom stereocenters. The Hall–Kier alpha value is -2.15. The van der Waals surface area contributed by atoms with Gasteiger partial charge in [0.25, 0.3) is 5.22 Å². The molecule has 1 heterocycles. The van der Waals surface area contributed by atoms with Gasteiger partial charge in [0, 0.05) is 24.1 Å². The number of nitrogens with zero attached hydrogens (tertiary/aromatic N) is 2. The highest BCUT2D eigenvalue weighted by Crippen LogP contribution is 2.39. The second-order valence-corrected chi connectivity index (χ2v) is 6.08. The molecule has 0 bridgehead atoms. The van der Waals surface area contributed by atoms with E-state index in [1.807, 2.05) is 0 Å². The Morgan fingerprint density at radius 3 is 2.64 bits per heavy atom. The van der Waals surface area contributed by atoms with Gasteiger partial charge in [0.05, 0.1) is 5.75 Å². The Balaban J connectivity index is 1.55. The van der Waals surface area contributed by atoms with Gasteiger partial charge < -0.3 is 9.73 Å². The monoisotopic (exact) mass is 317 g/mol. The van der Waals surface area contributed by atoms with Gasteiger partial charge in [0.2, 0.25) is 11.8 Å². The van der Waals surface area contributed by atoms with Crippen LogP contribution in [0.25, 0.3) is 0 Å². The fourth-order valence-electron chi connectivity index (χ4n) is 1.93. The van der Waals surface area contributed by atoms with Crippen molar-refractivity contribution in [2.24, 2.45) is 0 Å². The highest BCUT2D eigenvalue weighted by Gasteiger charge is 2.29. The van der Waals surface area contributed by atoms with E-state index in [4.69, 9.17) is 4.42 Å². The maximum Gasteiger partial charge on any atom is 0.277 e. The van der Waals surface area contributed by atoms with Crippen LogP contribution in [0.3, 0.4) is 0 Å². The number of Topliss-reactive ketones (excluding diaryl/α,β-unsaturated/α-hetero) is 1. The first-order chi connectivity index (χ1) is 10.6. The lowest BCUT2D eigenvalue weighted by molar-refractivity contribution is -0.114. The minimum atomic E-state index is -0.141. The molecule has 0 saturated heterocycles. The molecule has 1 amide bonds. The van der Waals surface area contributed by atoms with Crippen LogP contribution in [0, 0.1) is 0 Å². The summed E-state index contributed by atoms with van der Waals surface area (Å²) >= 11 is 1.24. The van der Waals surface area contributed by atoms with Crippen molar-refractivity contribution in [1.82, 2.24) is 10.2 Å². The van der Waals surface area contributed by atoms with Crippen LogP contribution >= 0.6 is 11.8 Å². The van der Waals surface area contributed by atoms with E-state index in [1.165, 1.54) is 18.7 Å². The minimum absolute atomic E-state index is 0.0226. The molecule has 7 heteroatoms. The van der Waals surface area contributed by atoms with Gasteiger partial charge in [0.15, 0.2) is 5.78 Å². The van der Waals surface area contributed by atoms with E-state index in [0.29, 0.717) is 28.3 Å². The molecule has 0 unspecified atom stereocenters. The summed E-state index contributed by atoms with van der Waals surface area (Å²) < 4.78 is 5.50. The molecule has 3 rings (SSSR count). The summed E-state index contributed by atoms with van der Waals surface area (Å²) in [4.78, 5) is 23.0. The second-order valence-electron chi connectivity index (χ2n) is 5.15. The minimum Gasteiger partial charge on any atom is -0.416 e. The Morgan fingerprint density at radius 1 is 1.27 bits per heavy atom. The molecule has 6 nitrogen and oxygen atoms in total. The number of aromatic nitrogens is 2. The van der Waals surface area contributed by atoms with E-state index >= 15 is 0 Å². The molecule has 1 N–H and O–H groups in total. The quantitative estimate of drug-likeness (QED) is 0.651. The highest BCUT2D eigenvalue weighted by molar-refractivity contribution is 7.99. The number of ketones is 1. The van der Waals surface area contributed by atoms with Gasteiger partial charge in [-0.2, -0.15) is 0 Å². The molecule has 0 radical (unpaired) electrons. The number of carbonyl (C=O) groups is 2. The van der Waals surface area contributed by atoms with Gasteiger partial charge in [0.1, 0.15) is 0 Å². The van der Waals surface area contributed by atoms with Gasteiger partial charge in [-0.1, -0.05) is 11.8 Å². The number of nitrogens with one attached hydrogen (secondary N) is 1. The van der Waals surface area contributed by atoms with Gasteiger partial charge in [-0.25, -0.2) is 0 Å². The lowest BCUT2D eigenvalue weighted by Gasteiger charge is -2.03. The molecular formula is C15H15N3O3S. The van der Waals surface area contributed by atoms with E-state index in [1.54, 1.807) is 24.3 Å². The van der Waals surface area contributed by atoms with Gasteiger partial charge in [-0.05, 0) is 37.1 Å². The summed E-state index contributed by atoms with van der Waals surface area (Å²) in [5.74, 6) is 1.17. The van der Waals surface area contributed by atoms with Crippen LogP contribution in [-0.2, 0) is 4.79 Å². The second kappa shape index (κ2) is 6.31. The van der Waals surface area contributed by atoms with E-state index in [0.717, 1.165) is 12.8 Å². The smallest absolute Gasteiger partial charge is 0.277 e. The number of hydrogen-bond donors (Lipinski definition) is 1. The number of benzene rings is 1. The summed E-state index contributed by atoms with van der Waals surface area (Å²) in [5, 5.41) is 11.0. The average Bonchev–Trinajstić information content (AvgIpc) is 3.24. The maximum absolute atomic E-state index is 12.1. The average molecular weight is 317 g/mol. The van der Waals surface area contributed by atoms with Crippen molar-refractivity contribution in [2.45, 2.75) is 30.9 Å². The largest absolute Gasteiger partial charge is 0.416 e. The molecule has 1 aromatic heterocycles. The zero-order valence-electron chi connectivity index (χ0n) is 12.0. The first kappa shape index (κ1) is 14.8. The van der Waals surface area contributed by atoms with E-state index in [9.17, 15) is 9.59 Å². The molecule has 0 spiro atoms. The number of thioether (sulfide) groups is 1. The lowest BCUT2D eigenvalue weighted by Crippen LogP contribution is -2.07. The van der Waals surface area contributed by atoms with Crippen molar-refractivity contribution in [3.8, 4) is 0 Å². The van der Waals surface area contributed by atoms with Crippen LogP contribution in [0.4, 0.5) is 5.69 Å². The van der Waals surface area contributed by atoms with Crippen molar-refractivity contribution in [2.75, 3.05) is 11.1 Å². The summed E-state index contributed by atoms with van der Waals surface area (Å²) in [6, 6.07) is 6.80. The summed E-state index contributed by atoms with van der Waals surface area (Å²) in [7, 11) is 0. The summed E-state index contributed by atoms with van der Waals surface area (Å²) in [5.41, 5.74) is 1.26. The number of anilines is 1. The molecular weight excluding hydrogens is 302 g/mol. The van der Waals surface area contributed by atoms with Crippen LogP contribution < -0.4 is 5.32 Å². The highest BCUT2D eigenvalue weighted by atomic mass is 32.2. The van der Waals surface area contributed by atoms with E-state index in [-0.39, 0.29) is 17.4 Å². The molecule has 1 fully saturated rings. The summed E-state index contributed by atoms with van der Waals surface area (Å²) in [6.07, 6.45) is 2.21.